The number of piperidine rings is 1. The standard InChI is InChI=1S/C17H26N4O2/c1-11-10-15(4-7-19-11)16(22)20-13(3)14-5-8-21(9-6-14)17(23)12(2)18/h4,7,10,12-14H,5-6,8-9,18H2,1-3H3,(H,20,22)/t12-,13?/m0/s1. The molecule has 6 nitrogen and oxygen atoms in total. The number of aryl methyl sites for hydroxylation is 1. The summed E-state index contributed by atoms with van der Waals surface area (Å²) < 4.78 is 0. The molecule has 1 aromatic heterocycles. The van der Waals surface area contributed by atoms with Crippen LogP contribution in [0.15, 0.2) is 18.3 Å². The van der Waals surface area contributed by atoms with Crippen molar-refractivity contribution in [2.45, 2.75) is 45.7 Å². The van der Waals surface area contributed by atoms with Crippen molar-refractivity contribution in [1.82, 2.24) is 15.2 Å². The van der Waals surface area contributed by atoms with Crippen LogP contribution in [0.4, 0.5) is 0 Å². The normalized spacial score (nSPS) is 18.3. The van der Waals surface area contributed by atoms with Crippen molar-refractivity contribution < 1.29 is 9.59 Å². The van der Waals surface area contributed by atoms with E-state index in [9.17, 15) is 9.59 Å². The van der Waals surface area contributed by atoms with Crippen LogP contribution in [0.2, 0.25) is 0 Å². The average Bonchev–Trinajstić information content (AvgIpc) is 2.54. The fourth-order valence-corrected chi connectivity index (χ4v) is 3.00. The average molecular weight is 318 g/mol. The molecule has 0 radical (unpaired) electrons. The Morgan fingerprint density at radius 2 is 2.00 bits per heavy atom. The van der Waals surface area contributed by atoms with E-state index in [0.29, 0.717) is 24.6 Å². The van der Waals surface area contributed by atoms with E-state index < -0.39 is 6.04 Å². The quantitative estimate of drug-likeness (QED) is 0.870. The van der Waals surface area contributed by atoms with Crippen LogP contribution in [0.3, 0.4) is 0 Å². The first-order chi connectivity index (χ1) is 10.9. The van der Waals surface area contributed by atoms with Crippen LogP contribution in [0.1, 0.15) is 42.7 Å². The molecule has 6 heteroatoms. The smallest absolute Gasteiger partial charge is 0.251 e. The van der Waals surface area contributed by atoms with E-state index in [1.54, 1.807) is 25.3 Å². The molecule has 0 aliphatic carbocycles. The maximum atomic E-state index is 12.3. The number of amides is 2. The lowest BCUT2D eigenvalue weighted by Crippen LogP contribution is -2.49. The first-order valence-corrected chi connectivity index (χ1v) is 8.16. The summed E-state index contributed by atoms with van der Waals surface area (Å²) in [4.78, 5) is 30.1. The third-order valence-electron chi connectivity index (χ3n) is 4.47. The Morgan fingerprint density at radius 3 is 2.57 bits per heavy atom. The highest BCUT2D eigenvalue weighted by atomic mass is 16.2. The Kier molecular flexibility index (Phi) is 5.71. The molecule has 1 fully saturated rings. The third-order valence-corrected chi connectivity index (χ3v) is 4.47. The van der Waals surface area contributed by atoms with E-state index in [2.05, 4.69) is 10.3 Å². The van der Waals surface area contributed by atoms with Gasteiger partial charge in [-0.2, -0.15) is 0 Å². The molecule has 0 aromatic carbocycles. The molecule has 1 unspecified atom stereocenters. The Labute approximate surface area is 137 Å². The van der Waals surface area contributed by atoms with E-state index in [4.69, 9.17) is 5.73 Å². The Bertz CT molecular complexity index is 565. The predicted molar refractivity (Wildman–Crippen MR) is 88.9 cm³/mol. The van der Waals surface area contributed by atoms with E-state index in [0.717, 1.165) is 18.5 Å². The first-order valence-electron chi connectivity index (χ1n) is 8.16. The van der Waals surface area contributed by atoms with Crippen LogP contribution in [-0.4, -0.2) is 46.9 Å². The van der Waals surface area contributed by atoms with Gasteiger partial charge in [-0.1, -0.05) is 0 Å². The van der Waals surface area contributed by atoms with Crippen LogP contribution in [0.25, 0.3) is 0 Å². The maximum Gasteiger partial charge on any atom is 0.251 e. The van der Waals surface area contributed by atoms with E-state index in [1.165, 1.54) is 0 Å². The number of nitrogens with zero attached hydrogens (tertiary/aromatic N) is 2. The van der Waals surface area contributed by atoms with Gasteiger partial charge in [0.1, 0.15) is 0 Å². The number of pyridine rings is 1. The van der Waals surface area contributed by atoms with Gasteiger partial charge in [-0.15, -0.1) is 0 Å². The molecular formula is C17H26N4O2. The van der Waals surface area contributed by atoms with Crippen molar-refractivity contribution in [3.8, 4) is 0 Å². The molecule has 1 saturated heterocycles. The summed E-state index contributed by atoms with van der Waals surface area (Å²) in [7, 11) is 0. The van der Waals surface area contributed by atoms with Crippen molar-refractivity contribution in [1.29, 1.82) is 0 Å². The highest BCUT2D eigenvalue weighted by molar-refractivity contribution is 5.94. The summed E-state index contributed by atoms with van der Waals surface area (Å²) in [6.07, 6.45) is 3.41. The number of nitrogens with one attached hydrogen (secondary N) is 1. The highest BCUT2D eigenvalue weighted by Gasteiger charge is 2.28. The van der Waals surface area contributed by atoms with Gasteiger partial charge < -0.3 is 16.0 Å². The van der Waals surface area contributed by atoms with Gasteiger partial charge in [-0.3, -0.25) is 14.6 Å². The van der Waals surface area contributed by atoms with Crippen molar-refractivity contribution in [3.63, 3.8) is 0 Å². The van der Waals surface area contributed by atoms with Gasteiger partial charge in [0.05, 0.1) is 6.04 Å². The third kappa shape index (κ3) is 4.51. The predicted octanol–water partition coefficient (Wildman–Crippen LogP) is 1.09. The number of hydrogen-bond acceptors (Lipinski definition) is 4. The van der Waals surface area contributed by atoms with Crippen molar-refractivity contribution >= 4 is 11.8 Å². The molecule has 126 valence electrons. The number of rotatable bonds is 4. The second-order valence-electron chi connectivity index (χ2n) is 6.40. The van der Waals surface area contributed by atoms with E-state index in [-0.39, 0.29) is 17.9 Å². The molecule has 3 N–H and O–H groups in total. The molecule has 2 heterocycles. The fourth-order valence-electron chi connectivity index (χ4n) is 3.00. The molecule has 1 aliphatic heterocycles. The molecule has 0 spiro atoms. The highest BCUT2D eigenvalue weighted by Crippen LogP contribution is 2.21. The maximum absolute atomic E-state index is 12.3. The van der Waals surface area contributed by atoms with E-state index >= 15 is 0 Å². The minimum atomic E-state index is -0.446. The monoisotopic (exact) mass is 318 g/mol. The van der Waals surface area contributed by atoms with Gasteiger partial charge in [-0.05, 0) is 51.7 Å². The molecule has 2 amide bonds. The summed E-state index contributed by atoms with van der Waals surface area (Å²) in [5.74, 6) is 0.309. The first kappa shape index (κ1) is 17.4. The van der Waals surface area contributed by atoms with Crippen LogP contribution >= 0.6 is 0 Å². The lowest BCUT2D eigenvalue weighted by Gasteiger charge is -2.35. The Morgan fingerprint density at radius 1 is 1.35 bits per heavy atom. The number of nitrogens with two attached hydrogens (primary N) is 1. The molecule has 1 aromatic rings. The molecule has 23 heavy (non-hydrogen) atoms. The molecule has 0 saturated carbocycles. The SMILES string of the molecule is Cc1cc(C(=O)NC(C)C2CCN(C(=O)[C@H](C)N)CC2)ccn1. The van der Waals surface area contributed by atoms with Crippen LogP contribution in [0.5, 0.6) is 0 Å². The summed E-state index contributed by atoms with van der Waals surface area (Å²) >= 11 is 0. The number of carbonyl (C=O) groups excluding carboxylic acids is 2. The van der Waals surface area contributed by atoms with Gasteiger partial charge >= 0.3 is 0 Å². The summed E-state index contributed by atoms with van der Waals surface area (Å²) in [5.41, 5.74) is 7.11. The second-order valence-corrected chi connectivity index (χ2v) is 6.40. The van der Waals surface area contributed by atoms with Crippen molar-refractivity contribution in [3.05, 3.63) is 29.6 Å². The minimum absolute atomic E-state index is 0.00685. The van der Waals surface area contributed by atoms with Gasteiger partial charge in [0, 0.05) is 36.6 Å². The van der Waals surface area contributed by atoms with Gasteiger partial charge in [0.2, 0.25) is 5.91 Å². The Hall–Kier alpha value is -1.95. The zero-order chi connectivity index (χ0) is 17.0. The topological polar surface area (TPSA) is 88.3 Å². The molecule has 0 bridgehead atoms. The van der Waals surface area contributed by atoms with Gasteiger partial charge in [0.15, 0.2) is 0 Å². The summed E-state index contributed by atoms with van der Waals surface area (Å²) in [5, 5.41) is 3.07. The lowest BCUT2D eigenvalue weighted by molar-refractivity contribution is -0.133. The van der Waals surface area contributed by atoms with E-state index in [1.807, 2.05) is 18.7 Å². The van der Waals surface area contributed by atoms with Crippen molar-refractivity contribution in [2.75, 3.05) is 13.1 Å². The van der Waals surface area contributed by atoms with Gasteiger partial charge in [-0.25, -0.2) is 0 Å². The number of carbonyl (C=O) groups is 2. The Balaban J connectivity index is 1.86. The molecule has 2 atom stereocenters. The molecular weight excluding hydrogens is 292 g/mol. The number of aromatic nitrogens is 1. The minimum Gasteiger partial charge on any atom is -0.349 e. The van der Waals surface area contributed by atoms with Crippen LogP contribution in [0, 0.1) is 12.8 Å². The largest absolute Gasteiger partial charge is 0.349 e. The zero-order valence-electron chi connectivity index (χ0n) is 14.1. The summed E-state index contributed by atoms with van der Waals surface area (Å²) in [6.45, 7) is 7.03. The molecule has 1 aliphatic rings. The second kappa shape index (κ2) is 7.55. The van der Waals surface area contributed by atoms with Crippen LogP contribution in [-0.2, 0) is 4.79 Å². The zero-order valence-corrected chi connectivity index (χ0v) is 14.1. The molecule has 2 rings (SSSR count). The van der Waals surface area contributed by atoms with Gasteiger partial charge in [0.25, 0.3) is 5.91 Å². The number of likely N-dealkylation sites (tertiary alicyclic amines) is 1. The van der Waals surface area contributed by atoms with Crippen molar-refractivity contribution in [2.24, 2.45) is 11.7 Å². The number of hydrogen-bond donors (Lipinski definition) is 2. The fraction of sp³-hybridized carbons (Fsp3) is 0.588. The van der Waals surface area contributed by atoms with Crippen LogP contribution < -0.4 is 11.1 Å². The summed E-state index contributed by atoms with van der Waals surface area (Å²) in [6, 6.07) is 3.13. The lowest BCUT2D eigenvalue weighted by atomic mass is 9.90.